The van der Waals surface area contributed by atoms with Gasteiger partial charge in [-0.1, -0.05) is 25.2 Å². The van der Waals surface area contributed by atoms with Gasteiger partial charge in [0.05, 0.1) is 24.3 Å². The number of carbonyl (C=O) groups excluding carboxylic acids is 1. The molecule has 0 unspecified atom stereocenters. The molecule has 1 amide bonds. The standard InChI is InChI=1S/C16H22N2O3/c1-2-3-11-21-12-9-18-16(20)15-7-8-17-13-14(15)6-4-5-10-19/h7-8,13,19H,2-3,5,9-12H2,1H3,(H,18,20). The van der Waals surface area contributed by atoms with Gasteiger partial charge in [0.25, 0.3) is 5.91 Å². The normalized spacial score (nSPS) is 9.81. The Kier molecular flexibility index (Phi) is 8.85. The van der Waals surface area contributed by atoms with Gasteiger partial charge in [0.1, 0.15) is 0 Å². The number of nitrogens with zero attached hydrogens (tertiary/aromatic N) is 1. The van der Waals surface area contributed by atoms with Crippen molar-refractivity contribution < 1.29 is 14.6 Å². The Labute approximate surface area is 125 Å². The number of hydrogen-bond acceptors (Lipinski definition) is 4. The average molecular weight is 290 g/mol. The summed E-state index contributed by atoms with van der Waals surface area (Å²) in [6.07, 6.45) is 5.62. The van der Waals surface area contributed by atoms with Crippen molar-refractivity contribution in [2.24, 2.45) is 0 Å². The molecule has 0 atom stereocenters. The first kappa shape index (κ1) is 17.2. The molecule has 1 aromatic rings. The van der Waals surface area contributed by atoms with E-state index in [0.717, 1.165) is 19.4 Å². The Morgan fingerprint density at radius 2 is 2.33 bits per heavy atom. The van der Waals surface area contributed by atoms with Crippen LogP contribution < -0.4 is 5.32 Å². The van der Waals surface area contributed by atoms with Crippen LogP contribution in [0.5, 0.6) is 0 Å². The number of aliphatic hydroxyl groups is 1. The van der Waals surface area contributed by atoms with Crippen molar-refractivity contribution in [2.45, 2.75) is 26.2 Å². The highest BCUT2D eigenvalue weighted by Crippen LogP contribution is 2.05. The summed E-state index contributed by atoms with van der Waals surface area (Å²) in [5.74, 6) is 5.45. The van der Waals surface area contributed by atoms with Crippen LogP contribution in [0.4, 0.5) is 0 Å². The molecule has 0 saturated carbocycles. The lowest BCUT2D eigenvalue weighted by Crippen LogP contribution is -2.28. The Morgan fingerprint density at radius 3 is 3.10 bits per heavy atom. The summed E-state index contributed by atoms with van der Waals surface area (Å²) in [7, 11) is 0. The summed E-state index contributed by atoms with van der Waals surface area (Å²) in [5, 5.41) is 11.5. The minimum absolute atomic E-state index is 0.00386. The summed E-state index contributed by atoms with van der Waals surface area (Å²) in [4.78, 5) is 16.0. The molecule has 0 saturated heterocycles. The van der Waals surface area contributed by atoms with Crippen molar-refractivity contribution in [1.82, 2.24) is 10.3 Å². The molecule has 0 aliphatic heterocycles. The van der Waals surface area contributed by atoms with Crippen LogP contribution >= 0.6 is 0 Å². The van der Waals surface area contributed by atoms with E-state index in [9.17, 15) is 4.79 Å². The number of amides is 1. The van der Waals surface area contributed by atoms with Gasteiger partial charge in [-0.15, -0.1) is 0 Å². The van der Waals surface area contributed by atoms with Crippen LogP contribution in [0.1, 0.15) is 42.1 Å². The molecule has 1 heterocycles. The molecule has 0 spiro atoms. The number of ether oxygens (including phenoxy) is 1. The van der Waals surface area contributed by atoms with E-state index in [1.54, 1.807) is 18.5 Å². The quantitative estimate of drug-likeness (QED) is 0.560. The number of hydrogen-bond donors (Lipinski definition) is 2. The van der Waals surface area contributed by atoms with E-state index in [0.29, 0.717) is 30.7 Å². The zero-order valence-electron chi connectivity index (χ0n) is 12.4. The van der Waals surface area contributed by atoms with Crippen molar-refractivity contribution in [2.75, 3.05) is 26.4 Å². The van der Waals surface area contributed by atoms with E-state index in [1.807, 2.05) is 0 Å². The Hall–Kier alpha value is -1.90. The number of carbonyl (C=O) groups is 1. The monoisotopic (exact) mass is 290 g/mol. The number of pyridine rings is 1. The van der Waals surface area contributed by atoms with Gasteiger partial charge in [0.2, 0.25) is 0 Å². The number of aliphatic hydroxyl groups excluding tert-OH is 1. The lowest BCUT2D eigenvalue weighted by Gasteiger charge is -2.07. The molecule has 21 heavy (non-hydrogen) atoms. The second kappa shape index (κ2) is 10.8. The lowest BCUT2D eigenvalue weighted by atomic mass is 10.1. The van der Waals surface area contributed by atoms with Gasteiger partial charge in [0.15, 0.2) is 0 Å². The molecule has 0 bridgehead atoms. The number of rotatable bonds is 8. The highest BCUT2D eigenvalue weighted by molar-refractivity contribution is 5.96. The van der Waals surface area contributed by atoms with E-state index in [1.165, 1.54) is 0 Å². The van der Waals surface area contributed by atoms with Gasteiger partial charge in [0, 0.05) is 32.0 Å². The molecule has 1 aromatic heterocycles. The molecule has 0 aliphatic carbocycles. The molecule has 0 fully saturated rings. The summed E-state index contributed by atoms with van der Waals surface area (Å²) < 4.78 is 5.39. The van der Waals surface area contributed by atoms with Gasteiger partial charge in [-0.05, 0) is 12.5 Å². The molecule has 1 rings (SSSR count). The van der Waals surface area contributed by atoms with Gasteiger partial charge >= 0.3 is 0 Å². The fraction of sp³-hybridized carbons (Fsp3) is 0.500. The summed E-state index contributed by atoms with van der Waals surface area (Å²) in [6.45, 7) is 3.80. The fourth-order valence-corrected chi connectivity index (χ4v) is 1.59. The van der Waals surface area contributed by atoms with E-state index >= 15 is 0 Å². The van der Waals surface area contributed by atoms with E-state index in [2.05, 4.69) is 29.1 Å². The van der Waals surface area contributed by atoms with Gasteiger partial charge < -0.3 is 15.2 Å². The minimum atomic E-state index is -0.190. The maximum absolute atomic E-state index is 12.1. The number of unbranched alkanes of at least 4 members (excludes halogenated alkanes) is 1. The third kappa shape index (κ3) is 6.89. The Balaban J connectivity index is 2.48. The molecular weight excluding hydrogens is 268 g/mol. The minimum Gasteiger partial charge on any atom is -0.395 e. The van der Waals surface area contributed by atoms with E-state index in [4.69, 9.17) is 9.84 Å². The first-order valence-corrected chi connectivity index (χ1v) is 7.19. The number of nitrogens with one attached hydrogen (secondary N) is 1. The molecule has 0 radical (unpaired) electrons. The van der Waals surface area contributed by atoms with Crippen LogP contribution in [-0.4, -0.2) is 42.4 Å². The fourth-order valence-electron chi connectivity index (χ4n) is 1.59. The summed E-state index contributed by atoms with van der Waals surface area (Å²) in [6, 6.07) is 1.64. The third-order valence-corrected chi connectivity index (χ3v) is 2.70. The predicted molar refractivity (Wildman–Crippen MR) is 80.9 cm³/mol. The van der Waals surface area contributed by atoms with Crippen LogP contribution in [0, 0.1) is 11.8 Å². The largest absolute Gasteiger partial charge is 0.395 e. The van der Waals surface area contributed by atoms with Crippen LogP contribution in [0.3, 0.4) is 0 Å². The summed E-state index contributed by atoms with van der Waals surface area (Å²) in [5.41, 5.74) is 1.05. The Morgan fingerprint density at radius 1 is 1.48 bits per heavy atom. The molecular formula is C16H22N2O3. The third-order valence-electron chi connectivity index (χ3n) is 2.70. The smallest absolute Gasteiger partial charge is 0.252 e. The summed E-state index contributed by atoms with van der Waals surface area (Å²) >= 11 is 0. The zero-order valence-corrected chi connectivity index (χ0v) is 12.4. The van der Waals surface area contributed by atoms with Crippen LogP contribution in [0.2, 0.25) is 0 Å². The van der Waals surface area contributed by atoms with Gasteiger partial charge in [-0.2, -0.15) is 0 Å². The first-order valence-electron chi connectivity index (χ1n) is 7.19. The molecule has 114 valence electrons. The molecule has 5 nitrogen and oxygen atoms in total. The average Bonchev–Trinajstić information content (AvgIpc) is 2.51. The van der Waals surface area contributed by atoms with E-state index < -0.39 is 0 Å². The lowest BCUT2D eigenvalue weighted by molar-refractivity contribution is 0.0912. The highest BCUT2D eigenvalue weighted by Gasteiger charge is 2.09. The molecule has 5 heteroatoms. The van der Waals surface area contributed by atoms with Crippen molar-refractivity contribution in [3.05, 3.63) is 29.6 Å². The molecule has 2 N–H and O–H groups in total. The maximum atomic E-state index is 12.1. The van der Waals surface area contributed by atoms with Crippen LogP contribution in [-0.2, 0) is 4.74 Å². The second-order valence-electron chi connectivity index (χ2n) is 4.42. The topological polar surface area (TPSA) is 71.5 Å². The van der Waals surface area contributed by atoms with Crippen molar-refractivity contribution >= 4 is 5.91 Å². The Bertz CT molecular complexity index is 492. The SMILES string of the molecule is CCCCOCCNC(=O)c1ccncc1C#CCCO. The highest BCUT2D eigenvalue weighted by atomic mass is 16.5. The van der Waals surface area contributed by atoms with Crippen molar-refractivity contribution in [1.29, 1.82) is 0 Å². The van der Waals surface area contributed by atoms with Crippen molar-refractivity contribution in [3.8, 4) is 11.8 Å². The van der Waals surface area contributed by atoms with E-state index in [-0.39, 0.29) is 12.5 Å². The maximum Gasteiger partial charge on any atom is 0.252 e. The molecule has 0 aromatic carbocycles. The predicted octanol–water partition coefficient (Wildman–Crippen LogP) is 1.36. The first-order chi connectivity index (χ1) is 10.3. The molecule has 0 aliphatic rings. The van der Waals surface area contributed by atoms with Gasteiger partial charge in [-0.3, -0.25) is 9.78 Å². The number of aromatic nitrogens is 1. The van der Waals surface area contributed by atoms with Gasteiger partial charge in [-0.25, -0.2) is 0 Å². The second-order valence-corrected chi connectivity index (χ2v) is 4.42. The zero-order chi connectivity index (χ0) is 15.3. The van der Waals surface area contributed by atoms with Crippen LogP contribution in [0.15, 0.2) is 18.5 Å². The van der Waals surface area contributed by atoms with Crippen LogP contribution in [0.25, 0.3) is 0 Å². The van der Waals surface area contributed by atoms with Crippen molar-refractivity contribution in [3.63, 3.8) is 0 Å².